The third-order valence-electron chi connectivity index (χ3n) is 13.4. The van der Waals surface area contributed by atoms with Crippen LogP contribution in [0.1, 0.15) is 93.2 Å². The van der Waals surface area contributed by atoms with E-state index in [2.05, 4.69) is 42.8 Å². The summed E-state index contributed by atoms with van der Waals surface area (Å²) in [5, 5.41) is 11.2. The molecule has 0 bridgehead atoms. The van der Waals surface area contributed by atoms with Crippen molar-refractivity contribution in [3.8, 4) is 11.8 Å². The quantitative estimate of drug-likeness (QED) is 0.170. The first-order valence-corrected chi connectivity index (χ1v) is 22.7. The molecule has 3 N–H and O–H groups in total. The van der Waals surface area contributed by atoms with Crippen molar-refractivity contribution in [2.24, 2.45) is 16.8 Å². The number of aromatic nitrogens is 2. The van der Waals surface area contributed by atoms with E-state index >= 15 is 0 Å². The first-order valence-electron chi connectivity index (χ1n) is 22.7. The predicted octanol–water partition coefficient (Wildman–Crippen LogP) is 3.73. The van der Waals surface area contributed by atoms with Gasteiger partial charge in [-0.1, -0.05) is 24.0 Å². The Hall–Kier alpha value is -5.42. The molecule has 4 amide bonds. The molecule has 1 saturated carbocycles. The Bertz CT molecular complexity index is 2150. The minimum Gasteiger partial charge on any atom is -0.439 e. The average molecular weight is 887 g/mol. The maximum atomic E-state index is 14.3. The number of rotatable bonds is 11. The summed E-state index contributed by atoms with van der Waals surface area (Å²) in [5.74, 6) is 5.96. The number of nitrogens with zero attached hydrogens (tertiary/aromatic N) is 7. The third kappa shape index (κ3) is 10.1. The number of imide groups is 1. The molecule has 9 rings (SSSR count). The van der Waals surface area contributed by atoms with Crippen LogP contribution < -0.4 is 16.1 Å². The Balaban J connectivity index is 0.675. The molecule has 7 heterocycles. The lowest BCUT2D eigenvalue weighted by molar-refractivity contribution is -0.136. The number of alkyl halides is 2. The first kappa shape index (κ1) is 43.8. The number of aliphatic imine (C=N–C) groups is 1. The second-order valence-electron chi connectivity index (χ2n) is 17.6. The van der Waals surface area contributed by atoms with E-state index in [1.54, 1.807) is 15.9 Å². The highest BCUT2D eigenvalue weighted by molar-refractivity contribution is 6.01. The lowest BCUT2D eigenvalue weighted by Gasteiger charge is -2.36. The molecule has 64 heavy (non-hydrogen) atoms. The van der Waals surface area contributed by atoms with Gasteiger partial charge in [0, 0.05) is 70.1 Å². The van der Waals surface area contributed by atoms with Crippen LogP contribution in [0.25, 0.3) is 0 Å². The van der Waals surface area contributed by atoms with Crippen molar-refractivity contribution in [2.45, 2.75) is 94.7 Å². The van der Waals surface area contributed by atoms with Crippen LogP contribution in [0.2, 0.25) is 0 Å². The van der Waals surface area contributed by atoms with Gasteiger partial charge in [0.05, 0.1) is 50.1 Å². The van der Waals surface area contributed by atoms with E-state index in [1.807, 2.05) is 36.5 Å². The molecule has 2 aromatic rings. The number of cyclic esters (lactones) is 1. The van der Waals surface area contributed by atoms with Crippen molar-refractivity contribution in [3.63, 3.8) is 0 Å². The van der Waals surface area contributed by atoms with Crippen LogP contribution in [0.4, 0.5) is 19.3 Å². The van der Waals surface area contributed by atoms with Gasteiger partial charge in [-0.25, -0.2) is 24.0 Å². The molecular weight excluding hydrogens is 831 g/mol. The molecule has 1 aromatic carbocycles. The number of amidine groups is 1. The van der Waals surface area contributed by atoms with Gasteiger partial charge in [-0.3, -0.25) is 34.3 Å². The minimum absolute atomic E-state index is 0.00716. The fourth-order valence-corrected chi connectivity index (χ4v) is 9.82. The van der Waals surface area contributed by atoms with Gasteiger partial charge in [-0.15, -0.1) is 0 Å². The number of ether oxygens (including phenoxy) is 3. The molecule has 17 nitrogen and oxygen atoms in total. The monoisotopic (exact) mass is 886 g/mol. The third-order valence-corrected chi connectivity index (χ3v) is 13.4. The van der Waals surface area contributed by atoms with Crippen molar-refractivity contribution in [2.75, 3.05) is 71.0 Å². The summed E-state index contributed by atoms with van der Waals surface area (Å²) in [6.07, 6.45) is 7.85. The number of likely N-dealkylation sites (tertiary alicyclic amines) is 1. The van der Waals surface area contributed by atoms with E-state index in [0.29, 0.717) is 38.7 Å². The fourth-order valence-electron chi connectivity index (χ4n) is 9.82. The number of anilines is 1. The van der Waals surface area contributed by atoms with E-state index in [4.69, 9.17) is 19.2 Å². The first-order chi connectivity index (χ1) is 31.1. The van der Waals surface area contributed by atoms with Crippen LogP contribution >= 0.6 is 0 Å². The Morgan fingerprint density at radius 2 is 1.78 bits per heavy atom. The zero-order valence-electron chi connectivity index (χ0n) is 35.8. The van der Waals surface area contributed by atoms with Gasteiger partial charge in [0.15, 0.2) is 5.69 Å². The van der Waals surface area contributed by atoms with Crippen LogP contribution in [-0.4, -0.2) is 143 Å². The van der Waals surface area contributed by atoms with Crippen molar-refractivity contribution < 1.29 is 42.2 Å². The van der Waals surface area contributed by atoms with Crippen LogP contribution in [0.5, 0.6) is 0 Å². The number of carbonyl (C=O) groups excluding carboxylic acids is 4. The molecule has 3 unspecified atom stereocenters. The highest BCUT2D eigenvalue weighted by atomic mass is 19.3. The number of halogens is 2. The van der Waals surface area contributed by atoms with Crippen molar-refractivity contribution in [1.82, 2.24) is 40.2 Å². The maximum absolute atomic E-state index is 14.3. The number of piperidine rings is 2. The molecule has 0 spiro atoms. The maximum Gasteiger partial charge on any atom is 0.411 e. The zero-order chi connectivity index (χ0) is 44.2. The molecule has 6 aliphatic heterocycles. The summed E-state index contributed by atoms with van der Waals surface area (Å²) in [6.45, 7) is 6.75. The lowest BCUT2D eigenvalue weighted by atomic mass is 9.85. The topological polar surface area (TPSA) is 175 Å². The molecule has 6 fully saturated rings. The summed E-state index contributed by atoms with van der Waals surface area (Å²) in [6, 6.07) is 6.83. The van der Waals surface area contributed by atoms with Gasteiger partial charge >= 0.3 is 6.09 Å². The molecular formula is C45H56F2N10O7. The summed E-state index contributed by atoms with van der Waals surface area (Å²) >= 11 is 0. The van der Waals surface area contributed by atoms with E-state index in [9.17, 15) is 28.0 Å². The van der Waals surface area contributed by atoms with Gasteiger partial charge in [-0.2, -0.15) is 5.10 Å². The zero-order valence-corrected chi connectivity index (χ0v) is 35.8. The Morgan fingerprint density at radius 1 is 1.00 bits per heavy atom. The smallest absolute Gasteiger partial charge is 0.411 e. The summed E-state index contributed by atoms with van der Waals surface area (Å²) < 4.78 is 47.4. The van der Waals surface area contributed by atoms with Crippen molar-refractivity contribution in [3.05, 3.63) is 59.6 Å². The number of carbonyl (C=O) groups is 4. The normalized spacial score (nSPS) is 27.8. The SMILES string of the molecule is O=C1CCC(N2C[C@@H](c3ccc(C#CCCOC4CCN(CC5CCC(n6cc(NC(=O)C7CNN8C=CC(N9CCOCC9)=NC78)c(C(F)F)n6)CC5)CC4)cc3)OC2=O)C(=O)N1. The molecule has 0 radical (unpaired) electrons. The molecule has 342 valence electrons. The number of hydrazine groups is 1. The average Bonchev–Trinajstić information content (AvgIpc) is 4.04. The number of amides is 4. The molecule has 4 atom stereocenters. The Labute approximate surface area is 370 Å². The van der Waals surface area contributed by atoms with E-state index in [1.165, 1.54) is 4.90 Å². The molecule has 1 aromatic heterocycles. The number of hydrogen-bond donors (Lipinski definition) is 3. The number of hydrogen-bond acceptors (Lipinski definition) is 13. The standard InChI is InChI=1S/C45H56F2N10O7/c46-41(47)40-35(49-43(59)34-25-48-56-19-16-38(50-42(34)56)54-20-23-62-24-21-54)27-57(52-40)32-10-6-30(7-11-32)26-53-17-14-33(15-18-53)63-22-2-1-3-29-4-8-31(9-5-29)37-28-55(45(61)64-37)36-12-13-39(58)51-44(36)60/h4-5,8-9,16,19,27,30,32-34,36-37,41-42,48H,2,6-7,10-15,17-18,20-26,28H2,(H,49,59)(H,51,58,60)/t30?,32?,34?,36?,37-,42?/m0/s1. The Morgan fingerprint density at radius 3 is 2.53 bits per heavy atom. The largest absolute Gasteiger partial charge is 0.439 e. The van der Waals surface area contributed by atoms with Crippen LogP contribution in [-0.2, 0) is 28.6 Å². The number of morpholine rings is 1. The van der Waals surface area contributed by atoms with Gasteiger partial charge in [0.1, 0.15) is 24.1 Å². The number of fused-ring (bicyclic) bond motifs is 1. The van der Waals surface area contributed by atoms with E-state index in [0.717, 1.165) is 88.2 Å². The number of nitrogens with one attached hydrogen (secondary N) is 3. The van der Waals surface area contributed by atoms with Gasteiger partial charge in [0.2, 0.25) is 17.7 Å². The minimum atomic E-state index is -2.82. The van der Waals surface area contributed by atoms with Gasteiger partial charge < -0.3 is 29.3 Å². The van der Waals surface area contributed by atoms with Crippen LogP contribution in [0, 0.1) is 23.7 Å². The summed E-state index contributed by atoms with van der Waals surface area (Å²) in [5.41, 5.74) is 4.51. The van der Waals surface area contributed by atoms with Crippen molar-refractivity contribution in [1.29, 1.82) is 0 Å². The molecule has 7 aliphatic rings. The second kappa shape index (κ2) is 19.8. The lowest BCUT2D eigenvalue weighted by Crippen LogP contribution is -2.52. The second-order valence-corrected chi connectivity index (χ2v) is 17.6. The Kier molecular flexibility index (Phi) is 13.5. The van der Waals surface area contributed by atoms with Gasteiger partial charge in [-0.05, 0) is 74.6 Å². The molecule has 1 aliphatic carbocycles. The molecule has 19 heteroatoms. The summed E-state index contributed by atoms with van der Waals surface area (Å²) in [7, 11) is 0. The highest BCUT2D eigenvalue weighted by Crippen LogP contribution is 2.36. The van der Waals surface area contributed by atoms with Gasteiger partial charge in [0.25, 0.3) is 6.43 Å². The van der Waals surface area contributed by atoms with Crippen LogP contribution in [0.15, 0.2) is 47.7 Å². The van der Waals surface area contributed by atoms with E-state index < -0.39 is 48.3 Å². The fraction of sp³-hybridized carbons (Fsp3) is 0.600. The summed E-state index contributed by atoms with van der Waals surface area (Å²) in [4.78, 5) is 60.7. The number of benzene rings is 1. The van der Waals surface area contributed by atoms with Crippen LogP contribution in [0.3, 0.4) is 0 Å². The van der Waals surface area contributed by atoms with Crippen molar-refractivity contribution >= 4 is 35.3 Å². The highest BCUT2D eigenvalue weighted by Gasteiger charge is 2.43. The predicted molar refractivity (Wildman–Crippen MR) is 228 cm³/mol. The van der Waals surface area contributed by atoms with E-state index in [-0.39, 0.29) is 49.0 Å². The molecule has 5 saturated heterocycles.